The molecule has 8 heterocycles. The Labute approximate surface area is 479 Å². The minimum Gasteiger partial charge on any atom is -0.404 e. The van der Waals surface area contributed by atoms with Crippen molar-refractivity contribution in [3.05, 3.63) is 152 Å². The van der Waals surface area contributed by atoms with Gasteiger partial charge in [0.05, 0.1) is 53.6 Å². The number of ether oxygens (including phenoxy) is 6. The van der Waals surface area contributed by atoms with Crippen LogP contribution < -0.4 is 16.0 Å². The number of benzene rings is 3. The van der Waals surface area contributed by atoms with E-state index in [1.54, 1.807) is 48.3 Å². The predicted octanol–water partition coefficient (Wildman–Crippen LogP) is 8.78. The largest absolute Gasteiger partial charge is 0.530 e. The summed E-state index contributed by atoms with van der Waals surface area (Å²) < 4.78 is 121. The van der Waals surface area contributed by atoms with E-state index in [2.05, 4.69) is 0 Å². The molecular formula is C52H59Cl2F2N5O19P2. The summed E-state index contributed by atoms with van der Waals surface area (Å²) in [7, 11) is -7.90. The van der Waals surface area contributed by atoms with Gasteiger partial charge in [0.2, 0.25) is 11.8 Å². The monoisotopic (exact) mass is 1230 g/mol. The normalized spacial score (nSPS) is 32.3. The molecule has 6 fully saturated rings. The molecule has 0 aromatic heterocycles. The van der Waals surface area contributed by atoms with E-state index in [-0.39, 0.29) is 60.1 Å². The smallest absolute Gasteiger partial charge is 0.404 e. The molecule has 82 heavy (non-hydrogen) atoms. The molecule has 0 saturated carbocycles. The fourth-order valence-electron chi connectivity index (χ4n) is 9.82. The number of fused-ring (bicyclic) bond motifs is 2. The lowest BCUT2D eigenvalue weighted by Crippen LogP contribution is -2.40. The zero-order valence-electron chi connectivity index (χ0n) is 44.4. The number of allylic oxidation sites excluding steroid dienone is 2. The number of hydrogen-bond acceptors (Lipinski definition) is 21. The van der Waals surface area contributed by atoms with Crippen LogP contribution in [0, 0.1) is 21.7 Å². The van der Waals surface area contributed by atoms with E-state index < -0.39 is 105 Å². The Morgan fingerprint density at radius 3 is 1.63 bits per heavy atom. The van der Waals surface area contributed by atoms with Crippen molar-refractivity contribution in [2.45, 2.75) is 126 Å². The quantitative estimate of drug-likeness (QED) is 0.0818. The molecule has 6 unspecified atom stereocenters. The van der Waals surface area contributed by atoms with Crippen LogP contribution >= 0.6 is 38.8 Å². The zero-order chi connectivity index (χ0) is 58.9. The highest BCUT2D eigenvalue weighted by molar-refractivity contribution is 7.49. The van der Waals surface area contributed by atoms with Gasteiger partial charge in [-0.15, -0.1) is 0 Å². The number of carbonyl (C=O) groups excluding carboxylic acids is 2. The Bertz CT molecular complexity index is 3120. The average Bonchev–Trinajstić information content (AvgIpc) is 2.89. The number of phosphoric acid groups is 2. The van der Waals surface area contributed by atoms with E-state index in [9.17, 15) is 42.7 Å². The maximum absolute atomic E-state index is 13.6. The molecule has 11 rings (SSSR count). The number of nitro benzene ring substituents is 1. The van der Waals surface area contributed by atoms with Crippen LogP contribution in [-0.4, -0.2) is 119 Å². The minimum atomic E-state index is -3.97. The first-order valence-electron chi connectivity index (χ1n) is 25.7. The van der Waals surface area contributed by atoms with Crippen LogP contribution in [0.5, 0.6) is 5.75 Å². The molecule has 0 spiro atoms. The highest BCUT2D eigenvalue weighted by Crippen LogP contribution is 2.59. The highest BCUT2D eigenvalue weighted by atomic mass is 35.5. The van der Waals surface area contributed by atoms with E-state index in [0.29, 0.717) is 48.0 Å². The van der Waals surface area contributed by atoms with Crippen LogP contribution in [0.25, 0.3) is 0 Å². The molecular weight excluding hydrogens is 1170 g/mol. The molecule has 5 N–H and O–H groups in total. The van der Waals surface area contributed by atoms with Crippen molar-refractivity contribution in [3.8, 4) is 5.75 Å². The molecule has 12 atom stereocenters. The summed E-state index contributed by atoms with van der Waals surface area (Å²) >= 11 is 11.6. The lowest BCUT2D eigenvalue weighted by Gasteiger charge is -2.32. The van der Waals surface area contributed by atoms with Crippen molar-refractivity contribution in [3.63, 3.8) is 0 Å². The van der Waals surface area contributed by atoms with E-state index in [0.717, 1.165) is 0 Å². The Kier molecular flexibility index (Phi) is 18.8. The molecule has 3 aromatic rings. The first-order valence-corrected chi connectivity index (χ1v) is 29.4. The highest BCUT2D eigenvalue weighted by Gasteiger charge is 2.58. The summed E-state index contributed by atoms with van der Waals surface area (Å²) in [6.07, 6.45) is 6.94. The van der Waals surface area contributed by atoms with E-state index >= 15 is 0 Å². The maximum Gasteiger partial charge on any atom is 0.530 e. The third-order valence-corrected chi connectivity index (χ3v) is 17.1. The van der Waals surface area contributed by atoms with Crippen molar-refractivity contribution in [2.24, 2.45) is 11.5 Å². The molecule has 0 bridgehead atoms. The molecule has 30 heteroatoms. The predicted molar refractivity (Wildman–Crippen MR) is 284 cm³/mol. The number of nitrogens with zero attached hydrogens (tertiary/aromatic N) is 3. The fourth-order valence-corrected chi connectivity index (χ4v) is 13.0. The van der Waals surface area contributed by atoms with Crippen LogP contribution in [0.2, 0.25) is 10.0 Å². The SMILES string of the molecule is CC1(C)O[C@@H]2[C@H](O1)C(CO)O[C@H]2N1C=CCC(C(N)=O)=C1.CC1(C)O[C@@H]2[C@H](O1)C(COP1(=O)OCCC(c3ccc(F)c(Cl)c3)O1)O[C@H]2N1C=CCC(C(N)=O)=C1.O=[N+]([O-])c1ccc(OP2(=O)OCCC(c3ccc(F)c(Cl)c3)O2)cc1. The molecule has 2 amide bonds. The topological polar surface area (TPSA) is 301 Å². The van der Waals surface area contributed by atoms with Crippen molar-refractivity contribution in [1.29, 1.82) is 0 Å². The van der Waals surface area contributed by atoms with E-state index in [4.69, 9.17) is 90.2 Å². The Morgan fingerprint density at radius 2 is 1.17 bits per heavy atom. The Balaban J connectivity index is 0.000000155. The van der Waals surface area contributed by atoms with Crippen LogP contribution in [-0.2, 0) is 69.8 Å². The van der Waals surface area contributed by atoms with Gasteiger partial charge in [-0.2, -0.15) is 0 Å². The van der Waals surface area contributed by atoms with Gasteiger partial charge in [0.1, 0.15) is 54.0 Å². The number of halogens is 4. The van der Waals surface area contributed by atoms with Gasteiger partial charge < -0.3 is 59.3 Å². The van der Waals surface area contributed by atoms with Crippen LogP contribution in [0.15, 0.2) is 109 Å². The zero-order valence-corrected chi connectivity index (χ0v) is 47.7. The summed E-state index contributed by atoms with van der Waals surface area (Å²) in [6.45, 7) is 7.11. The maximum atomic E-state index is 13.6. The number of carbonyl (C=O) groups is 2. The number of aliphatic hydroxyl groups excluding tert-OH is 1. The van der Waals surface area contributed by atoms with Crippen LogP contribution in [0.3, 0.4) is 0 Å². The van der Waals surface area contributed by atoms with Crippen molar-refractivity contribution in [2.75, 3.05) is 26.4 Å². The summed E-state index contributed by atoms with van der Waals surface area (Å²) in [4.78, 5) is 36.5. The standard InChI is InChI=1S/C23H27ClFN2O8P.C15H12ClFNO6P.C14H20N2O5/c1-23(2)33-19-18(32-22(20(19)34-23)27-8-3-4-14(11-27)21(26)28)12-31-36(29)30-9-7-17(35-36)13-5-6-16(25)15(24)10-13;16-13-9-10(1-6-14(13)17)15-7-8-22-25(21,24-15)23-12-4-2-11(3-5-12)18(19)20;1-14(2)20-10-9(7-17)19-13(11(10)21-14)16-5-3-4-8(6-16)12(15)18/h3,5-6,8,10-11,17-20,22H,4,7,9,12H2,1-2H3,(H2,26,28);1-6,9,15H,7-8H2;3,5-6,9-11,13,17H,4,7H2,1-2H3,(H2,15,18)/t17?,18?,19-,20-,22-,36?;;9?,10-,11-,13-/m1.1/s1. The molecule has 3 aromatic carbocycles. The van der Waals surface area contributed by atoms with Gasteiger partial charge in [-0.05, 0) is 88.1 Å². The summed E-state index contributed by atoms with van der Waals surface area (Å²) in [5.41, 5.74) is 12.7. The molecule has 0 aliphatic carbocycles. The Morgan fingerprint density at radius 1 is 0.720 bits per heavy atom. The second-order valence-corrected chi connectivity index (χ2v) is 24.3. The minimum absolute atomic E-state index is 0.0592. The summed E-state index contributed by atoms with van der Waals surface area (Å²) in [5, 5.41) is 20.0. The number of rotatable bonds is 13. The number of aliphatic hydroxyl groups is 1. The molecule has 24 nitrogen and oxygen atoms in total. The third kappa shape index (κ3) is 14.5. The second-order valence-electron chi connectivity index (χ2n) is 20.4. The summed E-state index contributed by atoms with van der Waals surface area (Å²) in [6, 6.07) is 13.2. The van der Waals surface area contributed by atoms with E-state index in [1.807, 2.05) is 26.1 Å². The number of primary amides is 2. The van der Waals surface area contributed by atoms with Gasteiger partial charge in [0, 0.05) is 60.9 Å². The number of nitrogens with two attached hydrogens (primary N) is 2. The Hall–Kier alpha value is -5.22. The summed E-state index contributed by atoms with van der Waals surface area (Å²) in [5.74, 6) is -3.61. The van der Waals surface area contributed by atoms with Crippen molar-refractivity contribution < 1.29 is 93.1 Å². The van der Waals surface area contributed by atoms with Gasteiger partial charge in [-0.25, -0.2) is 17.9 Å². The first kappa shape index (κ1) is 61.3. The lowest BCUT2D eigenvalue weighted by atomic mass is 10.1. The first-order chi connectivity index (χ1) is 38.8. The van der Waals surface area contributed by atoms with Gasteiger partial charge in [-0.3, -0.25) is 42.3 Å². The number of nitro groups is 1. The number of amides is 2. The molecule has 8 aliphatic heterocycles. The second kappa shape index (κ2) is 25.2. The lowest BCUT2D eigenvalue weighted by molar-refractivity contribution is -0.384. The molecule has 0 radical (unpaired) electrons. The van der Waals surface area contributed by atoms with Gasteiger partial charge >= 0.3 is 15.6 Å². The third-order valence-electron chi connectivity index (χ3n) is 13.6. The average molecular weight is 1230 g/mol. The van der Waals surface area contributed by atoms with Gasteiger partial charge in [-0.1, -0.05) is 47.5 Å². The van der Waals surface area contributed by atoms with Gasteiger partial charge in [0.25, 0.3) is 5.69 Å². The number of non-ortho nitro benzene ring substituents is 1. The van der Waals surface area contributed by atoms with Crippen LogP contribution in [0.4, 0.5) is 14.5 Å². The number of hydrogen-bond donors (Lipinski definition) is 3. The van der Waals surface area contributed by atoms with Crippen molar-refractivity contribution >= 4 is 56.3 Å². The number of phosphoric ester groups is 2. The molecule has 8 aliphatic rings. The van der Waals surface area contributed by atoms with E-state index in [1.165, 1.54) is 60.7 Å². The van der Waals surface area contributed by atoms with Crippen LogP contribution in [0.1, 0.15) is 76.7 Å². The molecule has 444 valence electrons. The molecule has 6 saturated heterocycles. The fraction of sp³-hybridized carbons (Fsp3) is 0.462. The van der Waals surface area contributed by atoms with Crippen molar-refractivity contribution in [1.82, 2.24) is 9.80 Å². The van der Waals surface area contributed by atoms with Gasteiger partial charge in [0.15, 0.2) is 24.0 Å².